The molecule has 6 heteroatoms. The molecule has 0 aromatic heterocycles. The van der Waals surface area contributed by atoms with E-state index in [0.717, 1.165) is 6.07 Å². The van der Waals surface area contributed by atoms with Gasteiger partial charge in [0.1, 0.15) is 11.7 Å². The lowest BCUT2D eigenvalue weighted by atomic mass is 10.1. The Morgan fingerprint density at radius 1 is 1.50 bits per heavy atom. The van der Waals surface area contributed by atoms with E-state index in [1.165, 1.54) is 19.1 Å². The SMILES string of the molecule is CC(C(=O)O)C(=O)Nc1c(F)cccc1Cl. The third-order valence-corrected chi connectivity index (χ3v) is 2.29. The normalized spacial score (nSPS) is 11.9. The first-order valence-corrected chi connectivity index (χ1v) is 4.79. The third-order valence-electron chi connectivity index (χ3n) is 1.97. The van der Waals surface area contributed by atoms with E-state index < -0.39 is 23.6 Å². The molecule has 86 valence electrons. The Morgan fingerprint density at radius 2 is 2.12 bits per heavy atom. The molecule has 1 amide bonds. The first kappa shape index (κ1) is 12.4. The maximum atomic E-state index is 13.2. The molecule has 0 aliphatic heterocycles. The van der Waals surface area contributed by atoms with Crippen molar-refractivity contribution in [3.63, 3.8) is 0 Å². The summed E-state index contributed by atoms with van der Waals surface area (Å²) in [5, 5.41) is 10.7. The van der Waals surface area contributed by atoms with Gasteiger partial charge < -0.3 is 10.4 Å². The van der Waals surface area contributed by atoms with Crippen molar-refractivity contribution in [1.29, 1.82) is 0 Å². The van der Waals surface area contributed by atoms with Crippen LogP contribution in [0, 0.1) is 11.7 Å². The van der Waals surface area contributed by atoms with Crippen LogP contribution in [0.1, 0.15) is 6.92 Å². The lowest BCUT2D eigenvalue weighted by Gasteiger charge is -2.10. The van der Waals surface area contributed by atoms with Crippen molar-refractivity contribution in [2.75, 3.05) is 5.32 Å². The molecule has 0 spiro atoms. The van der Waals surface area contributed by atoms with Crippen molar-refractivity contribution >= 4 is 29.2 Å². The molecule has 0 bridgehead atoms. The molecule has 2 N–H and O–H groups in total. The summed E-state index contributed by atoms with van der Waals surface area (Å²) in [6.45, 7) is 1.20. The van der Waals surface area contributed by atoms with Crippen LogP contribution in [-0.2, 0) is 9.59 Å². The number of aliphatic carboxylic acids is 1. The Balaban J connectivity index is 2.89. The molecule has 0 aliphatic carbocycles. The van der Waals surface area contributed by atoms with Crippen LogP contribution in [0.2, 0.25) is 5.02 Å². The molecular weight excluding hydrogens is 237 g/mol. The fraction of sp³-hybridized carbons (Fsp3) is 0.200. The smallest absolute Gasteiger partial charge is 0.315 e. The monoisotopic (exact) mass is 245 g/mol. The number of halogens is 2. The second-order valence-electron chi connectivity index (χ2n) is 3.15. The molecule has 0 aliphatic rings. The summed E-state index contributed by atoms with van der Waals surface area (Å²) < 4.78 is 13.2. The van der Waals surface area contributed by atoms with Gasteiger partial charge in [0.25, 0.3) is 0 Å². The molecular formula is C10H9ClFNO3. The van der Waals surface area contributed by atoms with E-state index in [-0.39, 0.29) is 10.7 Å². The molecule has 4 nitrogen and oxygen atoms in total. The van der Waals surface area contributed by atoms with Gasteiger partial charge in [-0.2, -0.15) is 0 Å². The van der Waals surface area contributed by atoms with Crippen LogP contribution in [0.5, 0.6) is 0 Å². The predicted octanol–water partition coefficient (Wildman–Crippen LogP) is 2.14. The van der Waals surface area contributed by atoms with Crippen molar-refractivity contribution in [2.24, 2.45) is 5.92 Å². The van der Waals surface area contributed by atoms with Gasteiger partial charge in [0.05, 0.1) is 10.7 Å². The first-order chi connectivity index (χ1) is 7.43. The first-order valence-electron chi connectivity index (χ1n) is 4.41. The Labute approximate surface area is 96.0 Å². The minimum absolute atomic E-state index is 0.0194. The van der Waals surface area contributed by atoms with Gasteiger partial charge in [-0.1, -0.05) is 17.7 Å². The molecule has 0 saturated carbocycles. The van der Waals surface area contributed by atoms with E-state index in [1.807, 2.05) is 0 Å². The van der Waals surface area contributed by atoms with Crippen LogP contribution >= 0.6 is 11.6 Å². The zero-order valence-corrected chi connectivity index (χ0v) is 9.08. The summed E-state index contributed by atoms with van der Waals surface area (Å²) in [5.41, 5.74) is -0.206. The van der Waals surface area contributed by atoms with Crippen LogP contribution in [0.4, 0.5) is 10.1 Å². The summed E-state index contributed by atoms with van der Waals surface area (Å²) in [6.07, 6.45) is 0. The highest BCUT2D eigenvalue weighted by Gasteiger charge is 2.22. The number of para-hydroxylation sites is 1. The molecule has 0 heterocycles. The van der Waals surface area contributed by atoms with E-state index in [4.69, 9.17) is 16.7 Å². The lowest BCUT2D eigenvalue weighted by molar-refractivity contribution is -0.144. The second kappa shape index (κ2) is 4.94. The number of nitrogens with one attached hydrogen (secondary N) is 1. The van der Waals surface area contributed by atoms with Crippen LogP contribution in [0.3, 0.4) is 0 Å². The number of carbonyl (C=O) groups excluding carboxylic acids is 1. The largest absolute Gasteiger partial charge is 0.481 e. The van der Waals surface area contributed by atoms with Crippen LogP contribution in [-0.4, -0.2) is 17.0 Å². The molecule has 16 heavy (non-hydrogen) atoms. The zero-order valence-electron chi connectivity index (χ0n) is 8.33. The number of benzene rings is 1. The van der Waals surface area contributed by atoms with E-state index in [0.29, 0.717) is 0 Å². The Morgan fingerprint density at radius 3 is 2.62 bits per heavy atom. The standard InChI is InChI=1S/C10H9ClFNO3/c1-5(10(15)16)9(14)13-8-6(11)3-2-4-7(8)12/h2-5H,1H3,(H,13,14)(H,15,16). The van der Waals surface area contributed by atoms with Crippen molar-refractivity contribution in [3.05, 3.63) is 29.0 Å². The summed E-state index contributed by atoms with van der Waals surface area (Å²) in [4.78, 5) is 21.9. The Bertz CT molecular complexity index is 416. The molecule has 1 unspecified atom stereocenters. The maximum Gasteiger partial charge on any atom is 0.315 e. The average Bonchev–Trinajstić information content (AvgIpc) is 2.22. The van der Waals surface area contributed by atoms with Gasteiger partial charge in [-0.3, -0.25) is 9.59 Å². The minimum atomic E-state index is -1.29. The molecule has 1 atom stereocenters. The predicted molar refractivity (Wildman–Crippen MR) is 56.8 cm³/mol. The van der Waals surface area contributed by atoms with E-state index in [9.17, 15) is 14.0 Å². The quantitative estimate of drug-likeness (QED) is 0.802. The molecule has 1 rings (SSSR count). The number of carboxylic acids is 1. The molecule has 1 aromatic rings. The number of carboxylic acid groups (broad SMARTS) is 1. The third kappa shape index (κ3) is 2.70. The maximum absolute atomic E-state index is 13.2. The average molecular weight is 246 g/mol. The molecule has 0 radical (unpaired) electrons. The topological polar surface area (TPSA) is 66.4 Å². The van der Waals surface area contributed by atoms with Crippen LogP contribution in [0.25, 0.3) is 0 Å². The number of carbonyl (C=O) groups is 2. The zero-order chi connectivity index (χ0) is 12.3. The summed E-state index contributed by atoms with van der Waals surface area (Å²) in [5.74, 6) is -4.08. The highest BCUT2D eigenvalue weighted by Crippen LogP contribution is 2.24. The summed E-state index contributed by atoms with van der Waals surface area (Å²) in [6, 6.07) is 3.90. The number of anilines is 1. The fourth-order valence-corrected chi connectivity index (χ4v) is 1.17. The lowest BCUT2D eigenvalue weighted by Crippen LogP contribution is -2.27. The number of amides is 1. The second-order valence-corrected chi connectivity index (χ2v) is 3.55. The fourth-order valence-electron chi connectivity index (χ4n) is 0.961. The number of hydrogen-bond acceptors (Lipinski definition) is 2. The van der Waals surface area contributed by atoms with Gasteiger partial charge in [-0.25, -0.2) is 4.39 Å². The van der Waals surface area contributed by atoms with Crippen molar-refractivity contribution < 1.29 is 19.1 Å². The molecule has 1 aromatic carbocycles. The van der Waals surface area contributed by atoms with Crippen molar-refractivity contribution in [1.82, 2.24) is 0 Å². The van der Waals surface area contributed by atoms with Gasteiger partial charge in [0, 0.05) is 0 Å². The van der Waals surface area contributed by atoms with Crippen LogP contribution in [0.15, 0.2) is 18.2 Å². The van der Waals surface area contributed by atoms with E-state index in [1.54, 1.807) is 0 Å². The van der Waals surface area contributed by atoms with Gasteiger partial charge in [0.15, 0.2) is 0 Å². The molecule has 0 fully saturated rings. The van der Waals surface area contributed by atoms with Gasteiger partial charge in [-0.15, -0.1) is 0 Å². The number of rotatable bonds is 3. The summed E-state index contributed by atoms with van der Waals surface area (Å²) >= 11 is 5.66. The highest BCUT2D eigenvalue weighted by molar-refractivity contribution is 6.33. The van der Waals surface area contributed by atoms with E-state index >= 15 is 0 Å². The Kier molecular flexibility index (Phi) is 3.84. The summed E-state index contributed by atoms with van der Waals surface area (Å²) in [7, 11) is 0. The van der Waals surface area contributed by atoms with Crippen molar-refractivity contribution in [3.8, 4) is 0 Å². The molecule has 0 saturated heterocycles. The van der Waals surface area contributed by atoms with Crippen molar-refractivity contribution in [2.45, 2.75) is 6.92 Å². The van der Waals surface area contributed by atoms with Gasteiger partial charge >= 0.3 is 5.97 Å². The van der Waals surface area contributed by atoms with Crippen LogP contribution < -0.4 is 5.32 Å². The highest BCUT2D eigenvalue weighted by atomic mass is 35.5. The van der Waals surface area contributed by atoms with E-state index in [2.05, 4.69) is 5.32 Å². The number of hydrogen-bond donors (Lipinski definition) is 2. The minimum Gasteiger partial charge on any atom is -0.481 e. The Hall–Kier alpha value is -1.62. The van der Waals surface area contributed by atoms with Gasteiger partial charge in [0.2, 0.25) is 5.91 Å². The van der Waals surface area contributed by atoms with Gasteiger partial charge in [-0.05, 0) is 19.1 Å².